The fourth-order valence-corrected chi connectivity index (χ4v) is 3.05. The maximum atomic E-state index is 13.9. The van der Waals surface area contributed by atoms with Gasteiger partial charge in [-0.1, -0.05) is 15.9 Å². The van der Waals surface area contributed by atoms with E-state index in [2.05, 4.69) is 40.1 Å². The van der Waals surface area contributed by atoms with Crippen molar-refractivity contribution in [2.45, 2.75) is 38.5 Å². The molecule has 1 aliphatic rings. The molecule has 1 aromatic rings. The number of morpholine rings is 1. The minimum absolute atomic E-state index is 0.0375. The quantitative estimate of drug-likeness (QED) is 0.624. The van der Waals surface area contributed by atoms with Crippen LogP contribution in [0.5, 0.6) is 0 Å². The van der Waals surface area contributed by atoms with Gasteiger partial charge >= 0.3 is 0 Å². The Morgan fingerprint density at radius 1 is 1.52 bits per heavy atom. The van der Waals surface area contributed by atoms with Crippen molar-refractivity contribution in [1.29, 1.82) is 0 Å². The van der Waals surface area contributed by atoms with Crippen LogP contribution in [0.15, 0.2) is 22.7 Å². The fourth-order valence-electron chi connectivity index (χ4n) is 2.64. The number of nitrogens with two attached hydrogens (primary N) is 1. The number of hydrazine groups is 1. The van der Waals surface area contributed by atoms with E-state index in [4.69, 9.17) is 10.6 Å². The number of halogens is 2. The number of nitrogens with one attached hydrogen (secondary N) is 1. The van der Waals surface area contributed by atoms with Crippen LogP contribution in [0.25, 0.3) is 0 Å². The molecule has 0 spiro atoms. The zero-order valence-corrected chi connectivity index (χ0v) is 14.1. The average Bonchev–Trinajstić information content (AvgIpc) is 2.48. The molecule has 4 nitrogen and oxygen atoms in total. The van der Waals surface area contributed by atoms with E-state index in [0.717, 1.165) is 17.6 Å². The van der Waals surface area contributed by atoms with Crippen LogP contribution in [-0.4, -0.2) is 42.8 Å². The molecule has 0 radical (unpaired) electrons. The van der Waals surface area contributed by atoms with Gasteiger partial charge in [-0.3, -0.25) is 16.2 Å². The molecule has 6 heteroatoms. The van der Waals surface area contributed by atoms with Crippen molar-refractivity contribution < 1.29 is 9.13 Å². The first-order valence-electron chi connectivity index (χ1n) is 7.27. The summed E-state index contributed by atoms with van der Waals surface area (Å²) in [5, 5.41) is 0. The third-order valence-corrected chi connectivity index (χ3v) is 4.46. The van der Waals surface area contributed by atoms with E-state index in [1.54, 1.807) is 12.1 Å². The van der Waals surface area contributed by atoms with Crippen LogP contribution in [0.3, 0.4) is 0 Å². The maximum absolute atomic E-state index is 13.9. The van der Waals surface area contributed by atoms with Gasteiger partial charge in [-0.25, -0.2) is 4.39 Å². The summed E-state index contributed by atoms with van der Waals surface area (Å²) in [6, 6.07) is 5.31. The molecule has 2 unspecified atom stereocenters. The molecule has 0 bridgehead atoms. The lowest BCUT2D eigenvalue weighted by Crippen LogP contribution is -2.56. The lowest BCUT2D eigenvalue weighted by molar-refractivity contribution is -0.0553. The van der Waals surface area contributed by atoms with E-state index >= 15 is 0 Å². The Morgan fingerprint density at radius 2 is 2.29 bits per heavy atom. The fraction of sp³-hybridized carbons (Fsp3) is 0.600. The van der Waals surface area contributed by atoms with E-state index < -0.39 is 0 Å². The van der Waals surface area contributed by atoms with Gasteiger partial charge in [-0.05, 0) is 44.0 Å². The van der Waals surface area contributed by atoms with Gasteiger partial charge in [0.15, 0.2) is 0 Å². The summed E-state index contributed by atoms with van der Waals surface area (Å²) in [4.78, 5) is 2.36. The zero-order valence-electron chi connectivity index (χ0n) is 12.5. The van der Waals surface area contributed by atoms with Crippen molar-refractivity contribution in [2.75, 3.05) is 19.7 Å². The van der Waals surface area contributed by atoms with Crippen molar-refractivity contribution in [2.24, 2.45) is 5.84 Å². The van der Waals surface area contributed by atoms with Crippen LogP contribution in [-0.2, 0) is 11.2 Å². The van der Waals surface area contributed by atoms with Gasteiger partial charge in [-0.15, -0.1) is 0 Å². The number of hydrogen-bond donors (Lipinski definition) is 2. The van der Waals surface area contributed by atoms with Gasteiger partial charge in [0, 0.05) is 23.6 Å². The minimum atomic E-state index is -0.213. The van der Waals surface area contributed by atoms with Crippen molar-refractivity contribution in [1.82, 2.24) is 10.3 Å². The predicted molar refractivity (Wildman–Crippen MR) is 85.4 cm³/mol. The van der Waals surface area contributed by atoms with Crippen molar-refractivity contribution in [3.8, 4) is 0 Å². The van der Waals surface area contributed by atoms with Gasteiger partial charge < -0.3 is 4.74 Å². The van der Waals surface area contributed by atoms with Gasteiger partial charge in [0.2, 0.25) is 0 Å². The highest BCUT2D eigenvalue weighted by Crippen LogP contribution is 2.20. The predicted octanol–water partition coefficient (Wildman–Crippen LogP) is 2.07. The molecule has 0 saturated carbocycles. The van der Waals surface area contributed by atoms with Gasteiger partial charge in [0.25, 0.3) is 0 Å². The summed E-state index contributed by atoms with van der Waals surface area (Å²) in [5.41, 5.74) is 3.43. The normalized spacial score (nSPS) is 21.7. The Hall–Kier alpha value is -0.530. The Bertz CT molecular complexity index is 472. The first kappa shape index (κ1) is 16.8. The van der Waals surface area contributed by atoms with E-state index in [0.29, 0.717) is 24.6 Å². The Morgan fingerprint density at radius 3 is 2.95 bits per heavy atom. The van der Waals surface area contributed by atoms with E-state index in [1.807, 2.05) is 0 Å². The number of ether oxygens (including phenoxy) is 1. The molecule has 0 amide bonds. The molecular weight excluding hydrogens is 337 g/mol. The highest BCUT2D eigenvalue weighted by atomic mass is 79.9. The number of benzene rings is 1. The first-order valence-corrected chi connectivity index (χ1v) is 8.06. The summed E-state index contributed by atoms with van der Waals surface area (Å²) >= 11 is 3.37. The molecule has 1 heterocycles. The molecule has 2 rings (SSSR count). The van der Waals surface area contributed by atoms with E-state index in [-0.39, 0.29) is 18.0 Å². The first-order chi connectivity index (χ1) is 10.0. The van der Waals surface area contributed by atoms with Crippen LogP contribution in [0.1, 0.15) is 19.4 Å². The summed E-state index contributed by atoms with van der Waals surface area (Å²) in [6.45, 7) is 6.75. The monoisotopic (exact) mass is 359 g/mol. The highest BCUT2D eigenvalue weighted by Gasteiger charge is 2.29. The molecular formula is C15H23BrFN3O. The third kappa shape index (κ3) is 4.47. The molecule has 3 N–H and O–H groups in total. The minimum Gasteiger partial charge on any atom is -0.374 e. The van der Waals surface area contributed by atoms with Crippen LogP contribution >= 0.6 is 15.9 Å². The lowest BCUT2D eigenvalue weighted by Gasteiger charge is -2.38. The standard InChI is InChI=1S/C15H23BrFN3O/c1-10(2)20-5-6-21-15(9-20)14(19-18)8-11-7-12(16)3-4-13(11)17/h3-4,7,10,14-15,19H,5-6,8-9,18H2,1-2H3. The van der Waals surface area contributed by atoms with Crippen LogP contribution in [0.2, 0.25) is 0 Å². The summed E-state index contributed by atoms with van der Waals surface area (Å²) in [5.74, 6) is 5.47. The third-order valence-electron chi connectivity index (χ3n) is 3.97. The highest BCUT2D eigenvalue weighted by molar-refractivity contribution is 9.10. The molecule has 1 saturated heterocycles. The summed E-state index contributed by atoms with van der Waals surface area (Å²) < 4.78 is 20.6. The van der Waals surface area contributed by atoms with Crippen LogP contribution < -0.4 is 11.3 Å². The molecule has 0 aromatic heterocycles. The molecule has 1 aliphatic heterocycles. The van der Waals surface area contributed by atoms with Crippen molar-refractivity contribution in [3.63, 3.8) is 0 Å². The topological polar surface area (TPSA) is 50.5 Å². The van der Waals surface area contributed by atoms with E-state index in [9.17, 15) is 4.39 Å². The summed E-state index contributed by atoms with van der Waals surface area (Å²) in [6.07, 6.45) is 0.461. The second-order valence-corrected chi connectivity index (χ2v) is 6.63. The smallest absolute Gasteiger partial charge is 0.126 e. The Kier molecular flexibility index (Phi) is 6.13. The molecule has 21 heavy (non-hydrogen) atoms. The summed E-state index contributed by atoms with van der Waals surface area (Å²) in [7, 11) is 0. The van der Waals surface area contributed by atoms with Crippen molar-refractivity contribution >= 4 is 15.9 Å². The van der Waals surface area contributed by atoms with Crippen LogP contribution in [0.4, 0.5) is 4.39 Å². The number of hydrogen-bond acceptors (Lipinski definition) is 4. The molecule has 118 valence electrons. The molecule has 2 atom stereocenters. The number of nitrogens with zero attached hydrogens (tertiary/aromatic N) is 1. The van der Waals surface area contributed by atoms with Gasteiger partial charge in [0.1, 0.15) is 5.82 Å². The SMILES string of the molecule is CC(C)N1CCOC(C(Cc2cc(Br)ccc2F)NN)C1. The number of rotatable bonds is 5. The second-order valence-electron chi connectivity index (χ2n) is 5.71. The van der Waals surface area contributed by atoms with Gasteiger partial charge in [-0.2, -0.15) is 0 Å². The largest absolute Gasteiger partial charge is 0.374 e. The molecule has 1 aromatic carbocycles. The molecule has 1 fully saturated rings. The van der Waals surface area contributed by atoms with E-state index in [1.165, 1.54) is 6.07 Å². The van der Waals surface area contributed by atoms with Crippen LogP contribution in [0, 0.1) is 5.82 Å². The molecule has 0 aliphatic carbocycles. The van der Waals surface area contributed by atoms with Crippen molar-refractivity contribution in [3.05, 3.63) is 34.1 Å². The second kappa shape index (κ2) is 7.65. The zero-order chi connectivity index (χ0) is 15.4. The Labute approximate surface area is 133 Å². The van der Waals surface area contributed by atoms with Gasteiger partial charge in [0.05, 0.1) is 18.8 Å². The maximum Gasteiger partial charge on any atom is 0.126 e. The lowest BCUT2D eigenvalue weighted by atomic mass is 9.99. The Balaban J connectivity index is 2.07. The average molecular weight is 360 g/mol.